The quantitative estimate of drug-likeness (QED) is 0.334. The van der Waals surface area contributed by atoms with Crippen molar-refractivity contribution in [1.29, 1.82) is 0 Å². The summed E-state index contributed by atoms with van der Waals surface area (Å²) < 4.78 is 14.0. The zero-order valence-electron chi connectivity index (χ0n) is 22.9. The Kier molecular flexibility index (Phi) is 8.85. The van der Waals surface area contributed by atoms with Crippen LogP contribution in [0.15, 0.2) is 77.7 Å². The second-order valence-corrected chi connectivity index (χ2v) is 10.2. The van der Waals surface area contributed by atoms with Crippen LogP contribution in [0.2, 0.25) is 5.02 Å². The molecule has 0 spiro atoms. The van der Waals surface area contributed by atoms with Crippen LogP contribution in [0, 0.1) is 0 Å². The Morgan fingerprint density at radius 1 is 1.00 bits per heavy atom. The second kappa shape index (κ2) is 12.7. The molecule has 8 heteroatoms. The number of pyridine rings is 1. The van der Waals surface area contributed by atoms with Crippen LogP contribution >= 0.6 is 11.6 Å². The number of hydrogen-bond acceptors (Lipinski definition) is 5. The third-order valence-corrected chi connectivity index (χ3v) is 7.37. The van der Waals surface area contributed by atoms with E-state index < -0.39 is 5.91 Å². The highest BCUT2D eigenvalue weighted by atomic mass is 35.5. The zero-order chi connectivity index (χ0) is 28.1. The summed E-state index contributed by atoms with van der Waals surface area (Å²) in [6.07, 6.45) is 1.43. The fraction of sp³-hybridized carbons (Fsp3) is 0.312. The van der Waals surface area contributed by atoms with Gasteiger partial charge in [0, 0.05) is 37.4 Å². The summed E-state index contributed by atoms with van der Waals surface area (Å²) >= 11 is 5.98. The van der Waals surface area contributed by atoms with Crippen molar-refractivity contribution in [3.8, 4) is 5.75 Å². The van der Waals surface area contributed by atoms with Gasteiger partial charge in [0.15, 0.2) is 0 Å². The van der Waals surface area contributed by atoms with E-state index in [1.165, 1.54) is 0 Å². The van der Waals surface area contributed by atoms with Crippen molar-refractivity contribution in [3.05, 3.63) is 110 Å². The summed E-state index contributed by atoms with van der Waals surface area (Å²) in [6.45, 7) is 8.52. The molecule has 0 saturated carbocycles. The zero-order valence-corrected chi connectivity index (χ0v) is 23.6. The molecular weight excluding hydrogens is 526 g/mol. The first-order valence-electron chi connectivity index (χ1n) is 13.8. The molecule has 2 aliphatic heterocycles. The molecule has 3 heterocycles. The van der Waals surface area contributed by atoms with Crippen LogP contribution < -0.4 is 15.5 Å². The standard InChI is InChI=1S/C30H28ClN3O4.C2H6/c31-23-8-6-20(7-9-23)16-32-30(36)25-18-34-19-27(22-4-2-1-3-5-22)38-26-15-21(14-24(28(26)34)29(25)35)17-33-10-12-37-13-11-33;1-2/h1-9,14-15,18,27H,10-13,16-17,19H2,(H,32,36);1-2H3. The van der Waals surface area contributed by atoms with E-state index in [-0.39, 0.29) is 17.1 Å². The number of carbonyl (C=O) groups is 1. The lowest BCUT2D eigenvalue weighted by atomic mass is 10.0. The Labute approximate surface area is 239 Å². The smallest absolute Gasteiger partial charge is 0.257 e. The van der Waals surface area contributed by atoms with Gasteiger partial charge in [-0.25, -0.2) is 0 Å². The molecule has 0 aliphatic carbocycles. The minimum absolute atomic E-state index is 0.120. The van der Waals surface area contributed by atoms with Crippen LogP contribution in [0.3, 0.4) is 0 Å². The molecule has 0 bridgehead atoms. The average molecular weight is 560 g/mol. The molecule has 1 amide bonds. The van der Waals surface area contributed by atoms with Crippen molar-refractivity contribution in [1.82, 2.24) is 14.8 Å². The van der Waals surface area contributed by atoms with Crippen LogP contribution in [-0.4, -0.2) is 41.7 Å². The predicted octanol–water partition coefficient (Wildman–Crippen LogP) is 5.58. The van der Waals surface area contributed by atoms with Crippen LogP contribution in [0.4, 0.5) is 0 Å². The molecule has 1 N–H and O–H groups in total. The number of nitrogens with zero attached hydrogens (tertiary/aromatic N) is 2. The van der Waals surface area contributed by atoms with Gasteiger partial charge in [-0.05, 0) is 41.0 Å². The molecular formula is C32H34ClN3O4. The Balaban J connectivity index is 0.00000158. The minimum Gasteiger partial charge on any atom is -0.482 e. The topological polar surface area (TPSA) is 72.8 Å². The number of carbonyl (C=O) groups excluding carboxylic acids is 1. The molecule has 40 heavy (non-hydrogen) atoms. The third kappa shape index (κ3) is 6.07. The molecule has 6 rings (SSSR count). The van der Waals surface area contributed by atoms with Crippen molar-refractivity contribution in [2.24, 2.45) is 0 Å². The number of morpholine rings is 1. The molecule has 2 aliphatic rings. The number of benzene rings is 3. The number of nitrogens with one attached hydrogen (secondary N) is 1. The van der Waals surface area contributed by atoms with Gasteiger partial charge in [0.05, 0.1) is 30.7 Å². The number of ether oxygens (including phenoxy) is 2. The molecule has 3 aromatic carbocycles. The van der Waals surface area contributed by atoms with Crippen molar-refractivity contribution < 1.29 is 14.3 Å². The van der Waals surface area contributed by atoms with E-state index in [1.54, 1.807) is 18.3 Å². The monoisotopic (exact) mass is 559 g/mol. The molecule has 0 radical (unpaired) electrons. The predicted molar refractivity (Wildman–Crippen MR) is 158 cm³/mol. The molecule has 4 aromatic rings. The lowest BCUT2D eigenvalue weighted by Gasteiger charge is -2.30. The molecule has 7 nitrogen and oxygen atoms in total. The van der Waals surface area contributed by atoms with E-state index in [9.17, 15) is 9.59 Å². The first-order chi connectivity index (χ1) is 19.5. The number of amides is 1. The highest BCUT2D eigenvalue weighted by molar-refractivity contribution is 6.30. The van der Waals surface area contributed by atoms with Crippen molar-refractivity contribution in [2.75, 3.05) is 26.3 Å². The van der Waals surface area contributed by atoms with Crippen LogP contribution in [0.5, 0.6) is 5.75 Å². The van der Waals surface area contributed by atoms with Gasteiger partial charge in [-0.1, -0.05) is 67.9 Å². The van der Waals surface area contributed by atoms with Gasteiger partial charge in [0.2, 0.25) is 5.43 Å². The van der Waals surface area contributed by atoms with Gasteiger partial charge in [0.1, 0.15) is 17.4 Å². The summed E-state index contributed by atoms with van der Waals surface area (Å²) in [5, 5.41) is 4.03. The van der Waals surface area contributed by atoms with Gasteiger partial charge >= 0.3 is 0 Å². The van der Waals surface area contributed by atoms with E-state index in [0.717, 1.165) is 35.3 Å². The number of halogens is 1. The first kappa shape index (κ1) is 27.9. The van der Waals surface area contributed by atoms with Crippen LogP contribution in [0.25, 0.3) is 10.9 Å². The normalized spacial score (nSPS) is 16.5. The SMILES string of the molecule is CC.O=C(NCc1ccc(Cl)cc1)c1cn2c3c(cc(CN4CCOCC4)cc3c1=O)OC(c1ccccc1)C2. The molecule has 1 saturated heterocycles. The Hall–Kier alpha value is -3.65. The largest absolute Gasteiger partial charge is 0.482 e. The molecule has 208 valence electrons. The highest BCUT2D eigenvalue weighted by Gasteiger charge is 2.27. The van der Waals surface area contributed by atoms with E-state index >= 15 is 0 Å². The minimum atomic E-state index is -0.404. The summed E-state index contributed by atoms with van der Waals surface area (Å²) in [7, 11) is 0. The maximum Gasteiger partial charge on any atom is 0.257 e. The Bertz CT molecular complexity index is 1530. The maximum atomic E-state index is 13.7. The van der Waals surface area contributed by atoms with Gasteiger partial charge in [-0.2, -0.15) is 0 Å². The second-order valence-electron chi connectivity index (χ2n) is 9.73. The fourth-order valence-electron chi connectivity index (χ4n) is 5.15. The summed E-state index contributed by atoms with van der Waals surface area (Å²) in [6, 6.07) is 21.2. The first-order valence-corrected chi connectivity index (χ1v) is 14.2. The lowest BCUT2D eigenvalue weighted by molar-refractivity contribution is 0.0341. The fourth-order valence-corrected chi connectivity index (χ4v) is 5.28. The Morgan fingerprint density at radius 2 is 1.73 bits per heavy atom. The molecule has 1 unspecified atom stereocenters. The van der Waals surface area contributed by atoms with E-state index in [1.807, 2.05) is 73.0 Å². The Morgan fingerprint density at radius 3 is 2.45 bits per heavy atom. The van der Waals surface area contributed by atoms with Crippen LogP contribution in [-0.2, 0) is 24.4 Å². The van der Waals surface area contributed by atoms with Crippen LogP contribution in [0.1, 0.15) is 47.0 Å². The summed E-state index contributed by atoms with van der Waals surface area (Å²) in [5.74, 6) is 0.259. The average Bonchev–Trinajstić information content (AvgIpc) is 3.00. The number of rotatable bonds is 6. The number of aromatic nitrogens is 1. The molecule has 1 fully saturated rings. The van der Waals surface area contributed by atoms with E-state index in [4.69, 9.17) is 21.1 Å². The maximum absolute atomic E-state index is 13.7. The van der Waals surface area contributed by atoms with Gasteiger partial charge in [-0.3, -0.25) is 14.5 Å². The van der Waals surface area contributed by atoms with Gasteiger partial charge < -0.3 is 19.4 Å². The summed E-state index contributed by atoms with van der Waals surface area (Å²) in [4.78, 5) is 29.3. The number of hydrogen-bond donors (Lipinski definition) is 1. The van der Waals surface area contributed by atoms with Gasteiger partial charge in [-0.15, -0.1) is 0 Å². The van der Waals surface area contributed by atoms with Crippen molar-refractivity contribution in [2.45, 2.75) is 39.6 Å². The van der Waals surface area contributed by atoms with Crippen molar-refractivity contribution >= 4 is 28.4 Å². The van der Waals surface area contributed by atoms with E-state index in [2.05, 4.69) is 10.2 Å². The van der Waals surface area contributed by atoms with Crippen molar-refractivity contribution in [3.63, 3.8) is 0 Å². The van der Waals surface area contributed by atoms with Gasteiger partial charge in [0.25, 0.3) is 5.91 Å². The lowest BCUT2D eigenvalue weighted by Crippen LogP contribution is -2.35. The molecule has 1 aromatic heterocycles. The third-order valence-electron chi connectivity index (χ3n) is 7.12. The molecule has 1 atom stereocenters. The highest BCUT2D eigenvalue weighted by Crippen LogP contribution is 2.36. The summed E-state index contributed by atoms with van der Waals surface area (Å²) in [5.41, 5.74) is 3.47. The van der Waals surface area contributed by atoms with E-state index in [0.29, 0.717) is 49.0 Å².